The summed E-state index contributed by atoms with van der Waals surface area (Å²) in [5.74, 6) is 0.120. The minimum absolute atomic E-state index is 0.125. The molecular formula is C14H21FN2O. The molecule has 18 heavy (non-hydrogen) atoms. The molecule has 0 radical (unpaired) electrons. The van der Waals surface area contributed by atoms with Crippen LogP contribution in [-0.2, 0) is 0 Å². The number of hydrogen-bond acceptors (Lipinski definition) is 3. The van der Waals surface area contributed by atoms with Crippen molar-refractivity contribution in [2.75, 3.05) is 26.2 Å². The largest absolute Gasteiger partial charge is 0.396 e. The fourth-order valence-corrected chi connectivity index (χ4v) is 2.71. The molecule has 1 aliphatic rings. The average Bonchev–Trinajstić information content (AvgIpc) is 2.42. The fraction of sp³-hybridized carbons (Fsp3) is 0.571. The van der Waals surface area contributed by atoms with E-state index in [0.717, 1.165) is 31.5 Å². The smallest absolute Gasteiger partial charge is 0.123 e. The van der Waals surface area contributed by atoms with Gasteiger partial charge >= 0.3 is 0 Å². The lowest BCUT2D eigenvalue weighted by Crippen LogP contribution is -2.42. The van der Waals surface area contributed by atoms with E-state index in [1.807, 2.05) is 0 Å². The highest BCUT2D eigenvalue weighted by Crippen LogP contribution is 2.26. The van der Waals surface area contributed by atoms with Gasteiger partial charge in [-0.15, -0.1) is 0 Å². The summed E-state index contributed by atoms with van der Waals surface area (Å²) >= 11 is 0. The molecule has 0 aromatic heterocycles. The predicted octanol–water partition coefficient (Wildman–Crippen LogP) is 1.53. The zero-order chi connectivity index (χ0) is 13.0. The number of likely N-dealkylation sites (tertiary alicyclic amines) is 1. The molecule has 1 aromatic rings. The quantitative estimate of drug-likeness (QED) is 0.854. The maximum Gasteiger partial charge on any atom is 0.123 e. The van der Waals surface area contributed by atoms with Crippen LogP contribution in [0.5, 0.6) is 0 Å². The molecule has 2 unspecified atom stereocenters. The highest BCUT2D eigenvalue weighted by Gasteiger charge is 2.25. The van der Waals surface area contributed by atoms with E-state index in [9.17, 15) is 9.50 Å². The maximum absolute atomic E-state index is 12.9. The van der Waals surface area contributed by atoms with Gasteiger partial charge in [0.05, 0.1) is 0 Å². The van der Waals surface area contributed by atoms with Crippen LogP contribution in [0, 0.1) is 11.7 Å². The van der Waals surface area contributed by atoms with Gasteiger partial charge in [0.2, 0.25) is 0 Å². The molecule has 1 aromatic carbocycles. The Labute approximate surface area is 107 Å². The van der Waals surface area contributed by atoms with Crippen molar-refractivity contribution in [3.05, 3.63) is 35.6 Å². The first-order valence-electron chi connectivity index (χ1n) is 6.55. The highest BCUT2D eigenvalue weighted by atomic mass is 19.1. The number of nitrogens with zero attached hydrogens (tertiary/aromatic N) is 1. The number of piperidine rings is 1. The van der Waals surface area contributed by atoms with E-state index in [-0.39, 0.29) is 18.5 Å². The minimum atomic E-state index is -0.221. The lowest BCUT2D eigenvalue weighted by molar-refractivity contribution is 0.0900. The molecule has 3 N–H and O–H groups in total. The molecule has 0 saturated carbocycles. The fourth-order valence-electron chi connectivity index (χ4n) is 2.71. The Hall–Kier alpha value is -0.970. The zero-order valence-electron chi connectivity index (χ0n) is 10.6. The Kier molecular flexibility index (Phi) is 4.69. The van der Waals surface area contributed by atoms with Crippen molar-refractivity contribution in [2.45, 2.75) is 18.9 Å². The number of aliphatic hydroxyl groups excluding tert-OH is 1. The van der Waals surface area contributed by atoms with Gasteiger partial charge in [0.25, 0.3) is 0 Å². The predicted molar refractivity (Wildman–Crippen MR) is 69.6 cm³/mol. The van der Waals surface area contributed by atoms with Crippen LogP contribution in [0.15, 0.2) is 24.3 Å². The molecular weight excluding hydrogens is 231 g/mol. The van der Waals surface area contributed by atoms with Crippen molar-refractivity contribution < 1.29 is 9.50 Å². The molecule has 3 nitrogen and oxygen atoms in total. The van der Waals surface area contributed by atoms with Crippen molar-refractivity contribution in [3.63, 3.8) is 0 Å². The van der Waals surface area contributed by atoms with Crippen LogP contribution in [0.3, 0.4) is 0 Å². The van der Waals surface area contributed by atoms with Crippen LogP contribution in [0.4, 0.5) is 4.39 Å². The third kappa shape index (κ3) is 3.07. The van der Waals surface area contributed by atoms with E-state index in [0.29, 0.717) is 12.5 Å². The lowest BCUT2D eigenvalue weighted by Gasteiger charge is -2.37. The summed E-state index contributed by atoms with van der Waals surface area (Å²) in [4.78, 5) is 2.30. The summed E-state index contributed by atoms with van der Waals surface area (Å²) in [7, 11) is 0. The summed E-state index contributed by atoms with van der Waals surface area (Å²) in [6, 6.07) is 6.68. The molecule has 0 amide bonds. The van der Waals surface area contributed by atoms with Crippen molar-refractivity contribution in [1.82, 2.24) is 4.90 Å². The molecule has 0 spiro atoms. The topological polar surface area (TPSA) is 49.5 Å². The van der Waals surface area contributed by atoms with Crippen LogP contribution < -0.4 is 5.73 Å². The second-order valence-electron chi connectivity index (χ2n) is 4.99. The van der Waals surface area contributed by atoms with E-state index in [2.05, 4.69) is 4.90 Å². The molecule has 1 aliphatic heterocycles. The zero-order valence-corrected chi connectivity index (χ0v) is 10.6. The lowest BCUT2D eigenvalue weighted by atomic mass is 9.95. The SMILES string of the molecule is NCC(c1ccc(F)cc1)N1CCCC(CO)C1. The molecule has 2 rings (SSSR count). The van der Waals surface area contributed by atoms with Gasteiger partial charge < -0.3 is 10.8 Å². The number of benzene rings is 1. The average molecular weight is 252 g/mol. The minimum Gasteiger partial charge on any atom is -0.396 e. The van der Waals surface area contributed by atoms with E-state index >= 15 is 0 Å². The van der Waals surface area contributed by atoms with Gasteiger partial charge in [-0.05, 0) is 43.0 Å². The Morgan fingerprint density at radius 1 is 1.39 bits per heavy atom. The standard InChI is InChI=1S/C14H21FN2O/c15-13-5-3-12(4-6-13)14(8-16)17-7-1-2-11(9-17)10-18/h3-6,11,14,18H,1-2,7-10,16H2. The van der Waals surface area contributed by atoms with E-state index in [4.69, 9.17) is 5.73 Å². The Morgan fingerprint density at radius 3 is 2.72 bits per heavy atom. The van der Waals surface area contributed by atoms with Gasteiger partial charge in [-0.2, -0.15) is 0 Å². The first-order chi connectivity index (χ1) is 8.74. The van der Waals surface area contributed by atoms with Gasteiger partial charge in [0.1, 0.15) is 5.82 Å². The first kappa shape index (κ1) is 13.5. The highest BCUT2D eigenvalue weighted by molar-refractivity contribution is 5.20. The number of rotatable bonds is 4. The second kappa shape index (κ2) is 6.27. The van der Waals surface area contributed by atoms with Crippen LogP contribution in [0.2, 0.25) is 0 Å². The Balaban J connectivity index is 2.10. The van der Waals surface area contributed by atoms with Gasteiger partial charge in [-0.3, -0.25) is 4.90 Å². The van der Waals surface area contributed by atoms with Gasteiger partial charge in [0, 0.05) is 25.7 Å². The third-order valence-electron chi connectivity index (χ3n) is 3.73. The van der Waals surface area contributed by atoms with E-state index in [1.165, 1.54) is 12.1 Å². The third-order valence-corrected chi connectivity index (χ3v) is 3.73. The molecule has 1 heterocycles. The first-order valence-corrected chi connectivity index (χ1v) is 6.55. The summed E-state index contributed by atoms with van der Waals surface area (Å²) in [6.45, 7) is 2.62. The monoisotopic (exact) mass is 252 g/mol. The molecule has 4 heteroatoms. The van der Waals surface area contributed by atoms with Crippen LogP contribution >= 0.6 is 0 Å². The van der Waals surface area contributed by atoms with Crippen molar-refractivity contribution in [3.8, 4) is 0 Å². The number of hydrogen-bond donors (Lipinski definition) is 2. The Morgan fingerprint density at radius 2 is 2.11 bits per heavy atom. The summed E-state index contributed by atoms with van der Waals surface area (Å²) < 4.78 is 12.9. The molecule has 2 atom stereocenters. The van der Waals surface area contributed by atoms with Crippen LogP contribution in [0.1, 0.15) is 24.4 Å². The van der Waals surface area contributed by atoms with Crippen molar-refractivity contribution >= 4 is 0 Å². The molecule has 1 saturated heterocycles. The number of halogens is 1. The summed E-state index contributed by atoms with van der Waals surface area (Å²) in [6.07, 6.45) is 2.16. The van der Waals surface area contributed by atoms with Gasteiger partial charge in [-0.1, -0.05) is 12.1 Å². The normalized spacial score (nSPS) is 22.9. The molecule has 0 bridgehead atoms. The van der Waals surface area contributed by atoms with Crippen molar-refractivity contribution in [1.29, 1.82) is 0 Å². The van der Waals surface area contributed by atoms with E-state index < -0.39 is 0 Å². The van der Waals surface area contributed by atoms with Gasteiger partial charge in [-0.25, -0.2) is 4.39 Å². The van der Waals surface area contributed by atoms with Crippen molar-refractivity contribution in [2.24, 2.45) is 11.7 Å². The number of nitrogens with two attached hydrogens (primary N) is 1. The molecule has 100 valence electrons. The Bertz CT molecular complexity index is 369. The molecule has 1 fully saturated rings. The second-order valence-corrected chi connectivity index (χ2v) is 4.99. The molecule has 0 aliphatic carbocycles. The van der Waals surface area contributed by atoms with Crippen LogP contribution in [0.25, 0.3) is 0 Å². The van der Waals surface area contributed by atoms with E-state index in [1.54, 1.807) is 12.1 Å². The van der Waals surface area contributed by atoms with Crippen LogP contribution in [-0.4, -0.2) is 36.2 Å². The summed E-state index contributed by atoms with van der Waals surface area (Å²) in [5, 5.41) is 9.26. The maximum atomic E-state index is 12.9. The summed E-state index contributed by atoms with van der Waals surface area (Å²) in [5.41, 5.74) is 6.92. The van der Waals surface area contributed by atoms with Gasteiger partial charge in [0.15, 0.2) is 0 Å². The number of aliphatic hydroxyl groups is 1.